The molecule has 2 heterocycles. The number of fused-ring (bicyclic) bond motifs is 1. The minimum absolute atomic E-state index is 0.0751. The van der Waals surface area contributed by atoms with Crippen LogP contribution in [0.2, 0.25) is 0 Å². The van der Waals surface area contributed by atoms with Gasteiger partial charge in [-0.1, -0.05) is 0 Å². The number of pyridine rings is 1. The molecule has 1 unspecified atom stereocenters. The fourth-order valence-corrected chi connectivity index (χ4v) is 1.41. The highest BCUT2D eigenvalue weighted by atomic mass is 19.4. The molecule has 4 nitrogen and oxygen atoms in total. The molecule has 0 radical (unpaired) electrons. The zero-order chi connectivity index (χ0) is 12.6. The Morgan fingerprint density at radius 3 is 2.71 bits per heavy atom. The third kappa shape index (κ3) is 2.00. The Balaban J connectivity index is 2.65. The number of alkyl halides is 3. The lowest BCUT2D eigenvalue weighted by molar-refractivity contribution is -0.163. The first kappa shape index (κ1) is 11.6. The predicted molar refractivity (Wildman–Crippen MR) is 54.6 cm³/mol. The predicted octanol–water partition coefficient (Wildman–Crippen LogP) is 1.91. The molecule has 0 amide bonds. The first-order chi connectivity index (χ1) is 7.91. The van der Waals surface area contributed by atoms with Crippen molar-refractivity contribution in [3.05, 3.63) is 35.0 Å². The van der Waals surface area contributed by atoms with E-state index in [9.17, 15) is 18.0 Å². The average Bonchev–Trinajstić information content (AvgIpc) is 2.28. The second-order valence-electron chi connectivity index (χ2n) is 3.55. The highest BCUT2D eigenvalue weighted by Gasteiger charge is 2.38. The van der Waals surface area contributed by atoms with Crippen LogP contribution in [0, 0.1) is 0 Å². The highest BCUT2D eigenvalue weighted by molar-refractivity contribution is 5.72. The van der Waals surface area contributed by atoms with E-state index < -0.39 is 17.8 Å². The molecule has 17 heavy (non-hydrogen) atoms. The van der Waals surface area contributed by atoms with Crippen molar-refractivity contribution in [1.29, 1.82) is 0 Å². The Bertz CT molecular complexity index is 606. The Hall–Kier alpha value is -1.92. The van der Waals surface area contributed by atoms with Crippen LogP contribution in [0.4, 0.5) is 13.2 Å². The van der Waals surface area contributed by atoms with Gasteiger partial charge in [-0.15, -0.1) is 0 Å². The molecule has 0 aliphatic carbocycles. The third-order valence-electron chi connectivity index (χ3n) is 2.45. The van der Waals surface area contributed by atoms with E-state index >= 15 is 0 Å². The Morgan fingerprint density at radius 2 is 2.06 bits per heavy atom. The molecule has 7 heteroatoms. The molecule has 0 saturated carbocycles. The van der Waals surface area contributed by atoms with Crippen molar-refractivity contribution >= 4 is 11.0 Å². The van der Waals surface area contributed by atoms with Crippen LogP contribution in [0.5, 0.6) is 0 Å². The quantitative estimate of drug-likeness (QED) is 0.768. The van der Waals surface area contributed by atoms with E-state index in [1.807, 2.05) is 0 Å². The number of rotatable bonds is 1. The van der Waals surface area contributed by atoms with E-state index in [1.54, 1.807) is 0 Å². The van der Waals surface area contributed by atoms with Gasteiger partial charge in [-0.3, -0.25) is 9.36 Å². The van der Waals surface area contributed by atoms with Gasteiger partial charge in [0.15, 0.2) is 5.65 Å². The zero-order valence-corrected chi connectivity index (χ0v) is 8.77. The second-order valence-corrected chi connectivity index (χ2v) is 3.55. The monoisotopic (exact) mass is 243 g/mol. The maximum Gasteiger partial charge on any atom is 0.409 e. The van der Waals surface area contributed by atoms with Crippen molar-refractivity contribution in [2.24, 2.45) is 0 Å². The summed E-state index contributed by atoms with van der Waals surface area (Å²) in [4.78, 5) is 19.3. The summed E-state index contributed by atoms with van der Waals surface area (Å²) in [5, 5.41) is 0.0751. The SMILES string of the molecule is CC(n1cnc2ncccc2c1=O)C(F)(F)F. The van der Waals surface area contributed by atoms with Gasteiger partial charge in [0.2, 0.25) is 0 Å². The minimum Gasteiger partial charge on any atom is -0.287 e. The van der Waals surface area contributed by atoms with Crippen LogP contribution in [-0.4, -0.2) is 20.7 Å². The number of hydrogen-bond acceptors (Lipinski definition) is 3. The molecule has 0 N–H and O–H groups in total. The number of hydrogen-bond donors (Lipinski definition) is 0. The van der Waals surface area contributed by atoms with Gasteiger partial charge in [0.25, 0.3) is 5.56 Å². The third-order valence-corrected chi connectivity index (χ3v) is 2.45. The molecule has 0 bridgehead atoms. The molecule has 2 rings (SSSR count). The number of halogens is 3. The topological polar surface area (TPSA) is 47.8 Å². The summed E-state index contributed by atoms with van der Waals surface area (Å²) in [5.74, 6) is 0. The van der Waals surface area contributed by atoms with Crippen LogP contribution < -0.4 is 5.56 Å². The van der Waals surface area contributed by atoms with Crippen molar-refractivity contribution in [1.82, 2.24) is 14.5 Å². The average molecular weight is 243 g/mol. The van der Waals surface area contributed by atoms with Crippen molar-refractivity contribution in [3.63, 3.8) is 0 Å². The fraction of sp³-hybridized carbons (Fsp3) is 0.300. The van der Waals surface area contributed by atoms with Crippen LogP contribution >= 0.6 is 0 Å². The van der Waals surface area contributed by atoms with E-state index in [0.717, 1.165) is 13.3 Å². The highest BCUT2D eigenvalue weighted by Crippen LogP contribution is 2.28. The van der Waals surface area contributed by atoms with Gasteiger partial charge in [-0.05, 0) is 19.1 Å². The van der Waals surface area contributed by atoms with Gasteiger partial charge in [-0.2, -0.15) is 13.2 Å². The number of aromatic nitrogens is 3. The van der Waals surface area contributed by atoms with Gasteiger partial charge in [0.05, 0.1) is 5.39 Å². The van der Waals surface area contributed by atoms with Crippen molar-refractivity contribution in [2.75, 3.05) is 0 Å². The molecule has 90 valence electrons. The standard InChI is InChI=1S/C10H8F3N3O/c1-6(10(11,12)13)16-5-15-8-7(9(16)17)3-2-4-14-8/h2-6H,1H3. The largest absolute Gasteiger partial charge is 0.409 e. The lowest BCUT2D eigenvalue weighted by Crippen LogP contribution is -2.32. The summed E-state index contributed by atoms with van der Waals surface area (Å²) in [7, 11) is 0. The molecule has 2 aromatic heterocycles. The smallest absolute Gasteiger partial charge is 0.287 e. The minimum atomic E-state index is -4.48. The molecule has 0 aliphatic heterocycles. The lowest BCUT2D eigenvalue weighted by atomic mass is 10.3. The molecule has 0 saturated heterocycles. The van der Waals surface area contributed by atoms with E-state index in [-0.39, 0.29) is 11.0 Å². The van der Waals surface area contributed by atoms with E-state index in [4.69, 9.17) is 0 Å². The summed E-state index contributed by atoms with van der Waals surface area (Å²) in [6.07, 6.45) is -2.19. The second kappa shape index (κ2) is 3.83. The molecular weight excluding hydrogens is 235 g/mol. The normalized spacial score (nSPS) is 13.9. The van der Waals surface area contributed by atoms with Gasteiger partial charge < -0.3 is 0 Å². The summed E-state index contributed by atoms with van der Waals surface area (Å²) >= 11 is 0. The van der Waals surface area contributed by atoms with E-state index in [0.29, 0.717) is 4.57 Å². The fourth-order valence-electron chi connectivity index (χ4n) is 1.41. The van der Waals surface area contributed by atoms with Gasteiger partial charge in [-0.25, -0.2) is 9.97 Å². The first-order valence-electron chi connectivity index (χ1n) is 4.80. The Kier molecular flexibility index (Phi) is 2.60. The Labute approximate surface area is 93.7 Å². The maximum absolute atomic E-state index is 12.5. The van der Waals surface area contributed by atoms with E-state index in [2.05, 4.69) is 9.97 Å². The number of nitrogens with zero attached hydrogens (tertiary/aromatic N) is 3. The molecule has 0 spiro atoms. The van der Waals surface area contributed by atoms with Gasteiger partial charge in [0.1, 0.15) is 12.4 Å². The molecule has 0 fully saturated rings. The molecule has 0 aromatic carbocycles. The molecule has 2 aromatic rings. The van der Waals surface area contributed by atoms with Crippen molar-refractivity contribution in [3.8, 4) is 0 Å². The lowest BCUT2D eigenvalue weighted by Gasteiger charge is -2.17. The molecule has 1 atom stereocenters. The van der Waals surface area contributed by atoms with Crippen molar-refractivity contribution in [2.45, 2.75) is 19.1 Å². The van der Waals surface area contributed by atoms with E-state index in [1.165, 1.54) is 18.3 Å². The maximum atomic E-state index is 12.5. The van der Waals surface area contributed by atoms with Crippen LogP contribution in [-0.2, 0) is 0 Å². The zero-order valence-electron chi connectivity index (χ0n) is 8.77. The van der Waals surface area contributed by atoms with Crippen LogP contribution in [0.15, 0.2) is 29.5 Å². The van der Waals surface area contributed by atoms with Crippen molar-refractivity contribution < 1.29 is 13.2 Å². The molecular formula is C10H8F3N3O. The summed E-state index contributed by atoms with van der Waals surface area (Å²) in [6, 6.07) is 0.970. The van der Waals surface area contributed by atoms with Crippen LogP contribution in [0.1, 0.15) is 13.0 Å². The summed E-state index contributed by atoms with van der Waals surface area (Å²) in [6.45, 7) is 0.908. The summed E-state index contributed by atoms with van der Waals surface area (Å²) in [5.41, 5.74) is -0.601. The van der Waals surface area contributed by atoms with Crippen LogP contribution in [0.3, 0.4) is 0 Å². The first-order valence-corrected chi connectivity index (χ1v) is 4.80. The molecule has 0 aliphatic rings. The van der Waals surface area contributed by atoms with Crippen LogP contribution in [0.25, 0.3) is 11.0 Å². The van der Waals surface area contributed by atoms with Gasteiger partial charge >= 0.3 is 6.18 Å². The summed E-state index contributed by atoms with van der Waals surface area (Å²) < 4.78 is 38.1. The Morgan fingerprint density at radius 1 is 1.35 bits per heavy atom. The van der Waals surface area contributed by atoms with Gasteiger partial charge in [0, 0.05) is 6.20 Å².